The Labute approximate surface area is 476 Å². The molecule has 2 heterocycles. The summed E-state index contributed by atoms with van der Waals surface area (Å²) >= 11 is 0. The summed E-state index contributed by atoms with van der Waals surface area (Å²) in [6, 6.07) is 24.5. The highest BCUT2D eigenvalue weighted by Crippen LogP contribution is 2.52. The third-order valence-electron chi connectivity index (χ3n) is 16.6. The maximum Gasteiger partial charge on any atom is 0.416 e. The predicted molar refractivity (Wildman–Crippen MR) is 299 cm³/mol. The van der Waals surface area contributed by atoms with E-state index in [1.54, 1.807) is 0 Å². The highest BCUT2D eigenvalue weighted by molar-refractivity contribution is 6.07. The van der Waals surface area contributed by atoms with E-state index in [1.165, 1.54) is 0 Å². The van der Waals surface area contributed by atoms with Gasteiger partial charge in [-0.25, -0.2) is 9.98 Å². The summed E-state index contributed by atoms with van der Waals surface area (Å²) in [6.45, 7) is 25.3. The number of halogens is 12. The van der Waals surface area contributed by atoms with Crippen molar-refractivity contribution in [2.24, 2.45) is 15.4 Å². The predicted octanol–water partition coefficient (Wildman–Crippen LogP) is 19.2. The van der Waals surface area contributed by atoms with Gasteiger partial charge < -0.3 is 9.47 Å². The quantitative estimate of drug-likeness (QED) is 0.143. The van der Waals surface area contributed by atoms with Gasteiger partial charge in [0, 0.05) is 12.8 Å². The Balaban J connectivity index is 1.20. The first-order valence-electron chi connectivity index (χ1n) is 27.7. The minimum Gasteiger partial charge on any atom is -0.474 e. The van der Waals surface area contributed by atoms with Gasteiger partial charge in [-0.05, 0) is 161 Å². The molecule has 16 heteroatoms. The van der Waals surface area contributed by atoms with E-state index in [1.807, 2.05) is 36.4 Å². The molecule has 2 aliphatic heterocycles. The maximum atomic E-state index is 14.8. The lowest BCUT2D eigenvalue weighted by Crippen LogP contribution is -2.45. The second kappa shape index (κ2) is 19.8. The largest absolute Gasteiger partial charge is 0.474 e. The average molecular weight is 1160 g/mol. The van der Waals surface area contributed by atoms with Crippen LogP contribution in [0.25, 0.3) is 22.3 Å². The molecular weight excluding hydrogens is 1090 g/mol. The summed E-state index contributed by atoms with van der Waals surface area (Å²) < 4.78 is 191. The van der Waals surface area contributed by atoms with Crippen LogP contribution < -0.4 is 0 Å². The summed E-state index contributed by atoms with van der Waals surface area (Å²) in [5.74, 6) is -0.738. The van der Waals surface area contributed by atoms with Crippen molar-refractivity contribution in [3.63, 3.8) is 0 Å². The third-order valence-corrected chi connectivity index (χ3v) is 16.6. The number of aliphatic imine (C=N–C) groups is 2. The summed E-state index contributed by atoms with van der Waals surface area (Å²) in [5, 5.41) is 0. The molecule has 0 N–H and O–H groups in total. The molecule has 4 aliphatic rings. The fourth-order valence-corrected chi connectivity index (χ4v) is 11.8. The zero-order chi connectivity index (χ0) is 60.7. The van der Waals surface area contributed by atoms with Crippen molar-refractivity contribution in [1.29, 1.82) is 0 Å². The molecule has 4 unspecified atom stereocenters. The molecule has 0 spiro atoms. The van der Waals surface area contributed by atoms with E-state index >= 15 is 0 Å². The minimum atomic E-state index is -5.33. The van der Waals surface area contributed by atoms with Crippen molar-refractivity contribution in [2.45, 2.75) is 179 Å². The van der Waals surface area contributed by atoms with E-state index in [0.717, 1.165) is 55.6 Å². The highest BCUT2D eigenvalue weighted by Gasteiger charge is 2.56. The van der Waals surface area contributed by atoms with Gasteiger partial charge in [0.2, 0.25) is 11.8 Å². The topological polar surface area (TPSA) is 43.2 Å². The molecule has 2 aliphatic carbocycles. The molecule has 83 heavy (non-hydrogen) atoms. The Morgan fingerprint density at radius 2 is 0.627 bits per heavy atom. The first-order chi connectivity index (χ1) is 38.0. The van der Waals surface area contributed by atoms with E-state index in [4.69, 9.17) is 19.5 Å². The minimum absolute atomic E-state index is 0.0537. The molecule has 10 rings (SSSR count). The summed E-state index contributed by atoms with van der Waals surface area (Å²) in [7, 11) is 0. The van der Waals surface area contributed by atoms with Crippen molar-refractivity contribution in [3.05, 3.63) is 187 Å². The van der Waals surface area contributed by atoms with E-state index in [0.29, 0.717) is 35.4 Å². The number of rotatable bonds is 8. The van der Waals surface area contributed by atoms with Crippen LogP contribution in [0.3, 0.4) is 0 Å². The number of nitrogens with zero attached hydrogens (tertiary/aromatic N) is 2. The molecule has 0 bridgehead atoms. The Kier molecular flexibility index (Phi) is 14.2. The van der Waals surface area contributed by atoms with Gasteiger partial charge in [-0.15, -0.1) is 0 Å². The van der Waals surface area contributed by atoms with Crippen molar-refractivity contribution in [3.8, 4) is 22.3 Å². The lowest BCUT2D eigenvalue weighted by atomic mass is 9.74. The normalized spacial score (nSPS) is 19.4. The second-order valence-electron chi connectivity index (χ2n) is 27.2. The summed E-state index contributed by atoms with van der Waals surface area (Å²) in [4.78, 5) is 10.3. The standard InChI is InChI=1S/C67H66F12N2O2/c1-59(2,3)43-21-41(22-44(29-43)60(4,5)6)37-13-15-39-27-53-55(51(39)25-37)80-57(82-53)63(33-35-17-47(64(68,69)70)31-48(18-35)65(71,72)73,34-36-19-49(66(74,75)76)32-50(20-36)67(77,78)79)58-81-56-52-26-38(14-16-40(52)28-54(56)83-58)42-23-45(61(7,8)9)30-46(24-42)62(10,11)12/h13-26,29-32,53-56H,27-28,33-34H2,1-12H3. The van der Waals surface area contributed by atoms with Crippen LogP contribution in [0, 0.1) is 5.41 Å². The van der Waals surface area contributed by atoms with E-state index < -0.39 is 101 Å². The Bertz CT molecular complexity index is 3240. The van der Waals surface area contributed by atoms with Gasteiger partial charge in [-0.2, -0.15) is 52.7 Å². The van der Waals surface area contributed by atoms with Gasteiger partial charge in [0.1, 0.15) is 29.7 Å². The van der Waals surface area contributed by atoms with E-state index in [-0.39, 0.29) is 58.4 Å². The fourth-order valence-electron chi connectivity index (χ4n) is 11.8. The molecule has 0 radical (unpaired) electrons. The molecule has 0 aromatic heterocycles. The molecule has 6 aromatic rings. The van der Waals surface area contributed by atoms with E-state index in [2.05, 4.69) is 119 Å². The van der Waals surface area contributed by atoms with E-state index in [9.17, 15) is 52.7 Å². The van der Waals surface area contributed by atoms with Gasteiger partial charge in [0.05, 0.1) is 22.3 Å². The van der Waals surface area contributed by atoms with Gasteiger partial charge in [0.15, 0.2) is 0 Å². The molecule has 4 atom stereocenters. The zero-order valence-electron chi connectivity index (χ0n) is 48.3. The van der Waals surface area contributed by atoms with Crippen molar-refractivity contribution < 1.29 is 62.2 Å². The molecule has 4 nitrogen and oxygen atoms in total. The van der Waals surface area contributed by atoms with Crippen LogP contribution in [0.5, 0.6) is 0 Å². The lowest BCUT2D eigenvalue weighted by Gasteiger charge is -2.34. The maximum absolute atomic E-state index is 14.8. The Morgan fingerprint density at radius 1 is 0.349 bits per heavy atom. The number of alkyl halides is 12. The number of ether oxygens (including phenoxy) is 2. The Hall–Kier alpha value is -6.58. The van der Waals surface area contributed by atoms with Gasteiger partial charge in [-0.3, -0.25) is 0 Å². The molecular formula is C67H66F12N2O2. The van der Waals surface area contributed by atoms with Crippen LogP contribution in [0.15, 0.2) is 119 Å². The number of benzene rings is 6. The molecule has 0 saturated heterocycles. The molecule has 0 saturated carbocycles. The number of hydrogen-bond acceptors (Lipinski definition) is 4. The average Bonchev–Trinajstić information content (AvgIpc) is 3.39. The number of fused-ring (bicyclic) bond motifs is 6. The van der Waals surface area contributed by atoms with Gasteiger partial charge in [-0.1, -0.05) is 144 Å². The molecule has 440 valence electrons. The van der Waals surface area contributed by atoms with Crippen molar-refractivity contribution in [1.82, 2.24) is 0 Å². The van der Waals surface area contributed by atoms with Crippen molar-refractivity contribution in [2.75, 3.05) is 0 Å². The lowest BCUT2D eigenvalue weighted by molar-refractivity contribution is -0.144. The van der Waals surface area contributed by atoms with Crippen LogP contribution in [-0.2, 0) is 81.5 Å². The van der Waals surface area contributed by atoms with Crippen LogP contribution in [0.2, 0.25) is 0 Å². The first kappa shape index (κ1) is 59.6. The van der Waals surface area contributed by atoms with Crippen LogP contribution in [0.4, 0.5) is 52.7 Å². The SMILES string of the molecule is CC(C)(C)c1cc(-c2ccc3c(c2)C2N=C(C(Cc4cc(C(F)(F)F)cc(C(F)(F)F)c4)(Cc4cc(C(F)(F)F)cc(C(F)(F)F)c4)C4=NC5c6cc(-c7cc(C(C)(C)C)cc(C(C)(C)C)c7)ccc6CC5O4)OC2C3)cc(C(C)(C)C)c1. The molecule has 6 aromatic carbocycles. The smallest absolute Gasteiger partial charge is 0.416 e. The molecule has 0 amide bonds. The van der Waals surface area contributed by atoms with Crippen LogP contribution in [-0.4, -0.2) is 24.0 Å². The third kappa shape index (κ3) is 11.8. The summed E-state index contributed by atoms with van der Waals surface area (Å²) in [6.07, 6.45) is -24.6. The van der Waals surface area contributed by atoms with Crippen LogP contribution >= 0.6 is 0 Å². The highest BCUT2D eigenvalue weighted by atomic mass is 19.4. The zero-order valence-corrected chi connectivity index (χ0v) is 48.3. The summed E-state index contributed by atoms with van der Waals surface area (Å²) in [5.41, 5.74) is -0.714. The Morgan fingerprint density at radius 3 is 0.892 bits per heavy atom. The molecule has 0 fully saturated rings. The second-order valence-corrected chi connectivity index (χ2v) is 27.2. The monoisotopic (exact) mass is 1160 g/mol. The van der Waals surface area contributed by atoms with Crippen LogP contribution in [0.1, 0.15) is 173 Å². The first-order valence-corrected chi connectivity index (χ1v) is 27.7. The fraction of sp³-hybridized carbons (Fsp3) is 0.433. The van der Waals surface area contributed by atoms with Crippen molar-refractivity contribution >= 4 is 11.8 Å². The number of hydrogen-bond donors (Lipinski definition) is 0. The van der Waals surface area contributed by atoms with Gasteiger partial charge in [0.25, 0.3) is 0 Å². The van der Waals surface area contributed by atoms with Gasteiger partial charge >= 0.3 is 24.7 Å².